The fourth-order valence-corrected chi connectivity index (χ4v) is 1.76. The van der Waals surface area contributed by atoms with E-state index in [1.807, 2.05) is 6.92 Å². The molecule has 2 nitrogen and oxygen atoms in total. The van der Waals surface area contributed by atoms with Crippen molar-refractivity contribution in [3.8, 4) is 0 Å². The van der Waals surface area contributed by atoms with Crippen molar-refractivity contribution in [3.63, 3.8) is 0 Å². The highest BCUT2D eigenvalue weighted by atomic mass is 35.5. The second-order valence-corrected chi connectivity index (χ2v) is 3.78. The second kappa shape index (κ2) is 5.20. The predicted molar refractivity (Wildman–Crippen MR) is 57.1 cm³/mol. The van der Waals surface area contributed by atoms with Crippen molar-refractivity contribution in [2.75, 3.05) is 7.11 Å². The van der Waals surface area contributed by atoms with E-state index in [-0.39, 0.29) is 5.03 Å². The molecule has 78 valence electrons. The zero-order valence-electron chi connectivity index (χ0n) is 8.60. The fourth-order valence-electron chi connectivity index (χ4n) is 1.56. The van der Waals surface area contributed by atoms with E-state index < -0.39 is 5.97 Å². The lowest BCUT2D eigenvalue weighted by molar-refractivity contribution is -0.135. The van der Waals surface area contributed by atoms with Gasteiger partial charge in [-0.15, -0.1) is 0 Å². The van der Waals surface area contributed by atoms with E-state index in [4.69, 9.17) is 11.6 Å². The minimum atomic E-state index is -0.448. The summed E-state index contributed by atoms with van der Waals surface area (Å²) in [6.45, 7) is 1.87. The molecule has 0 saturated carbocycles. The van der Waals surface area contributed by atoms with E-state index in [9.17, 15) is 4.79 Å². The Morgan fingerprint density at radius 2 is 2.21 bits per heavy atom. The number of ether oxygens (including phenoxy) is 1. The Balaban J connectivity index is 2.85. The summed E-state index contributed by atoms with van der Waals surface area (Å²) in [5.74, 6) is -0.448. The van der Waals surface area contributed by atoms with Gasteiger partial charge in [0.1, 0.15) is 5.03 Å². The maximum atomic E-state index is 11.2. The maximum absolute atomic E-state index is 11.2. The molecular formula is C11H15ClO2. The van der Waals surface area contributed by atoms with Gasteiger partial charge in [0, 0.05) is 0 Å². The van der Waals surface area contributed by atoms with Gasteiger partial charge in [-0.1, -0.05) is 17.7 Å². The minimum absolute atomic E-state index is 0.209. The van der Waals surface area contributed by atoms with Crippen molar-refractivity contribution >= 4 is 17.6 Å². The summed E-state index contributed by atoms with van der Waals surface area (Å²) in [5.41, 5.74) is 2.05. The third-order valence-electron chi connectivity index (χ3n) is 2.47. The van der Waals surface area contributed by atoms with Crippen LogP contribution in [0.1, 0.15) is 32.6 Å². The minimum Gasteiger partial charge on any atom is -0.465 e. The first-order valence-electron chi connectivity index (χ1n) is 4.81. The molecule has 0 atom stereocenters. The molecule has 1 aliphatic rings. The van der Waals surface area contributed by atoms with Crippen molar-refractivity contribution in [1.29, 1.82) is 0 Å². The third-order valence-corrected chi connectivity index (χ3v) is 2.90. The van der Waals surface area contributed by atoms with Gasteiger partial charge in [-0.3, -0.25) is 0 Å². The summed E-state index contributed by atoms with van der Waals surface area (Å²) in [6.07, 6.45) is 6.66. The van der Waals surface area contributed by atoms with Gasteiger partial charge in [-0.25, -0.2) is 4.79 Å². The van der Waals surface area contributed by atoms with Crippen LogP contribution in [0, 0.1) is 0 Å². The average molecular weight is 215 g/mol. The molecule has 0 aromatic heterocycles. The molecule has 1 aliphatic carbocycles. The second-order valence-electron chi connectivity index (χ2n) is 3.41. The van der Waals surface area contributed by atoms with Gasteiger partial charge in [0.25, 0.3) is 0 Å². The molecule has 0 aliphatic heterocycles. The summed E-state index contributed by atoms with van der Waals surface area (Å²) in [7, 11) is 1.34. The monoisotopic (exact) mass is 214 g/mol. The molecule has 0 aromatic carbocycles. The van der Waals surface area contributed by atoms with E-state index >= 15 is 0 Å². The van der Waals surface area contributed by atoms with E-state index in [0.29, 0.717) is 0 Å². The van der Waals surface area contributed by atoms with Crippen LogP contribution in [-0.2, 0) is 9.53 Å². The van der Waals surface area contributed by atoms with Gasteiger partial charge in [0.2, 0.25) is 0 Å². The van der Waals surface area contributed by atoms with Crippen molar-refractivity contribution in [2.24, 2.45) is 0 Å². The number of esters is 1. The number of methoxy groups -OCH3 is 1. The molecule has 0 fully saturated rings. The first kappa shape index (κ1) is 11.3. The Morgan fingerprint density at radius 1 is 1.50 bits per heavy atom. The van der Waals surface area contributed by atoms with Crippen LogP contribution >= 0.6 is 11.6 Å². The topological polar surface area (TPSA) is 26.3 Å². The molecule has 0 saturated heterocycles. The van der Waals surface area contributed by atoms with Gasteiger partial charge in [0.05, 0.1) is 7.11 Å². The Labute approximate surface area is 89.6 Å². The van der Waals surface area contributed by atoms with Crippen LogP contribution < -0.4 is 0 Å². The van der Waals surface area contributed by atoms with Crippen LogP contribution in [0.15, 0.2) is 22.3 Å². The number of hydrogen-bond acceptors (Lipinski definition) is 2. The summed E-state index contributed by atoms with van der Waals surface area (Å²) < 4.78 is 4.57. The molecule has 0 unspecified atom stereocenters. The molecule has 1 rings (SSSR count). The van der Waals surface area contributed by atoms with Crippen molar-refractivity contribution in [1.82, 2.24) is 0 Å². The van der Waals surface area contributed by atoms with Crippen LogP contribution in [0.5, 0.6) is 0 Å². The molecule has 3 heteroatoms. The Morgan fingerprint density at radius 3 is 2.71 bits per heavy atom. The number of halogens is 1. The van der Waals surface area contributed by atoms with Gasteiger partial charge in [-0.2, -0.15) is 0 Å². The maximum Gasteiger partial charge on any atom is 0.349 e. The van der Waals surface area contributed by atoms with E-state index in [1.54, 1.807) is 0 Å². The van der Waals surface area contributed by atoms with Crippen molar-refractivity contribution in [2.45, 2.75) is 32.6 Å². The quantitative estimate of drug-likeness (QED) is 0.521. The molecule has 0 bridgehead atoms. The first-order valence-corrected chi connectivity index (χ1v) is 5.18. The smallest absolute Gasteiger partial charge is 0.349 e. The lowest BCUT2D eigenvalue weighted by Crippen LogP contribution is -2.04. The Kier molecular flexibility index (Phi) is 4.21. The Bertz CT molecular complexity index is 290. The SMILES string of the molecule is COC(=O)/C(Cl)=C(\C)C1=CCCCC1. The molecule has 0 spiro atoms. The van der Waals surface area contributed by atoms with E-state index in [0.717, 1.165) is 18.4 Å². The number of carbonyl (C=O) groups is 1. The number of carbonyl (C=O) groups excluding carboxylic acids is 1. The van der Waals surface area contributed by atoms with Gasteiger partial charge in [0.15, 0.2) is 0 Å². The zero-order valence-corrected chi connectivity index (χ0v) is 9.36. The van der Waals surface area contributed by atoms with Crippen LogP contribution in [-0.4, -0.2) is 13.1 Å². The number of rotatable bonds is 2. The summed E-state index contributed by atoms with van der Waals surface area (Å²) in [4.78, 5) is 11.2. The van der Waals surface area contributed by atoms with Gasteiger partial charge < -0.3 is 4.74 Å². The van der Waals surface area contributed by atoms with Gasteiger partial charge in [-0.05, 0) is 43.8 Å². The summed E-state index contributed by atoms with van der Waals surface area (Å²) in [6, 6.07) is 0. The van der Waals surface area contributed by atoms with Gasteiger partial charge >= 0.3 is 5.97 Å². The van der Waals surface area contributed by atoms with Crippen molar-refractivity contribution < 1.29 is 9.53 Å². The molecular weight excluding hydrogens is 200 g/mol. The highest BCUT2D eigenvalue weighted by Gasteiger charge is 2.14. The highest BCUT2D eigenvalue weighted by molar-refractivity contribution is 6.41. The molecule has 0 heterocycles. The fraction of sp³-hybridized carbons (Fsp3) is 0.545. The molecule has 0 aromatic rings. The molecule has 14 heavy (non-hydrogen) atoms. The highest BCUT2D eigenvalue weighted by Crippen LogP contribution is 2.27. The third kappa shape index (κ3) is 2.61. The van der Waals surface area contributed by atoms with Crippen LogP contribution in [0.3, 0.4) is 0 Å². The largest absolute Gasteiger partial charge is 0.465 e. The predicted octanol–water partition coefficient (Wildman–Crippen LogP) is 3.17. The summed E-state index contributed by atoms with van der Waals surface area (Å²) in [5, 5.41) is 0.209. The number of allylic oxidation sites excluding steroid dienone is 3. The number of hydrogen-bond donors (Lipinski definition) is 0. The average Bonchev–Trinajstić information content (AvgIpc) is 2.27. The molecule has 0 N–H and O–H groups in total. The summed E-state index contributed by atoms with van der Waals surface area (Å²) >= 11 is 5.88. The standard InChI is InChI=1S/C11H15ClO2/c1-8(10(12)11(13)14-2)9-6-4-3-5-7-9/h6H,3-5,7H2,1-2H3/b10-8-. The van der Waals surface area contributed by atoms with Crippen LogP contribution in [0.4, 0.5) is 0 Å². The Hall–Kier alpha value is -0.760. The molecule has 0 amide bonds. The van der Waals surface area contributed by atoms with E-state index in [2.05, 4.69) is 10.8 Å². The van der Waals surface area contributed by atoms with Crippen LogP contribution in [0.25, 0.3) is 0 Å². The molecule has 0 radical (unpaired) electrons. The van der Waals surface area contributed by atoms with Crippen LogP contribution in [0.2, 0.25) is 0 Å². The lowest BCUT2D eigenvalue weighted by Gasteiger charge is -2.14. The van der Waals surface area contributed by atoms with Crippen molar-refractivity contribution in [3.05, 3.63) is 22.3 Å². The van der Waals surface area contributed by atoms with E-state index in [1.165, 1.54) is 25.5 Å². The zero-order chi connectivity index (χ0) is 10.6. The normalized spacial score (nSPS) is 18.4. The first-order chi connectivity index (χ1) is 6.66. The lowest BCUT2D eigenvalue weighted by atomic mass is 9.94.